The molecule has 3 unspecified atom stereocenters. The van der Waals surface area contributed by atoms with Crippen molar-refractivity contribution in [3.63, 3.8) is 0 Å². The molecule has 1 heterocycles. The number of aryl methyl sites for hydroxylation is 2. The zero-order chi connectivity index (χ0) is 14.3. The second-order valence-electron chi connectivity index (χ2n) is 5.57. The number of nitrogens with two attached hydrogens (primary N) is 1. The van der Waals surface area contributed by atoms with Gasteiger partial charge in [-0.3, -0.25) is 0 Å². The van der Waals surface area contributed by atoms with Crippen molar-refractivity contribution < 1.29 is 4.42 Å². The maximum absolute atomic E-state index is 6.46. The van der Waals surface area contributed by atoms with E-state index in [0.717, 1.165) is 23.1 Å². The summed E-state index contributed by atoms with van der Waals surface area (Å²) in [4.78, 5) is 4.46. The molecule has 2 N–H and O–H groups in total. The number of fused-ring (bicyclic) bond motifs is 1. The molecule has 106 valence electrons. The van der Waals surface area contributed by atoms with Crippen LogP contribution in [0.2, 0.25) is 0 Å². The molecule has 0 saturated carbocycles. The first-order valence-electron chi connectivity index (χ1n) is 7.01. The van der Waals surface area contributed by atoms with Gasteiger partial charge in [-0.1, -0.05) is 43.0 Å². The van der Waals surface area contributed by atoms with Gasteiger partial charge in [0.1, 0.15) is 5.76 Å². The molecule has 0 aliphatic heterocycles. The van der Waals surface area contributed by atoms with Crippen LogP contribution in [0.4, 0.5) is 0 Å². The molecule has 1 aliphatic rings. The number of hydrogen-bond acceptors (Lipinski definition) is 4. The van der Waals surface area contributed by atoms with Crippen LogP contribution in [0, 0.1) is 13.8 Å². The lowest BCUT2D eigenvalue weighted by atomic mass is 9.81. The van der Waals surface area contributed by atoms with Crippen LogP contribution in [0.3, 0.4) is 0 Å². The fraction of sp³-hybridized carbons (Fsp3) is 0.438. The molecule has 0 bridgehead atoms. The fourth-order valence-electron chi connectivity index (χ4n) is 2.83. The van der Waals surface area contributed by atoms with Gasteiger partial charge in [0.2, 0.25) is 0 Å². The molecule has 0 spiro atoms. The van der Waals surface area contributed by atoms with E-state index in [0.29, 0.717) is 11.2 Å². The minimum Gasteiger partial charge on any atom is -0.437 e. The van der Waals surface area contributed by atoms with Gasteiger partial charge in [-0.2, -0.15) is 0 Å². The minimum absolute atomic E-state index is 0.0416. The van der Waals surface area contributed by atoms with Crippen molar-refractivity contribution in [2.45, 2.75) is 49.6 Å². The average molecular weight is 288 g/mol. The van der Waals surface area contributed by atoms with Crippen molar-refractivity contribution >= 4 is 11.8 Å². The summed E-state index contributed by atoms with van der Waals surface area (Å²) in [6, 6.07) is 8.55. The van der Waals surface area contributed by atoms with E-state index in [-0.39, 0.29) is 6.04 Å². The van der Waals surface area contributed by atoms with Crippen molar-refractivity contribution in [3.05, 3.63) is 46.8 Å². The van der Waals surface area contributed by atoms with Crippen LogP contribution in [0.25, 0.3) is 0 Å². The zero-order valence-electron chi connectivity index (χ0n) is 12.1. The van der Waals surface area contributed by atoms with Gasteiger partial charge in [0.25, 0.3) is 5.22 Å². The number of benzene rings is 1. The van der Waals surface area contributed by atoms with Gasteiger partial charge < -0.3 is 10.2 Å². The summed E-state index contributed by atoms with van der Waals surface area (Å²) in [5.41, 5.74) is 10.1. The molecular formula is C16H20N2OS. The fourth-order valence-corrected chi connectivity index (χ4v) is 4.13. The van der Waals surface area contributed by atoms with E-state index in [1.165, 1.54) is 11.1 Å². The third kappa shape index (κ3) is 2.38. The molecule has 1 aliphatic carbocycles. The molecular weight excluding hydrogens is 268 g/mol. The van der Waals surface area contributed by atoms with E-state index in [2.05, 4.69) is 36.2 Å². The lowest BCUT2D eigenvalue weighted by molar-refractivity contribution is 0.426. The molecule has 0 fully saturated rings. The van der Waals surface area contributed by atoms with E-state index in [1.54, 1.807) is 11.8 Å². The molecule has 0 saturated heterocycles. The highest BCUT2D eigenvalue weighted by molar-refractivity contribution is 7.99. The first kappa shape index (κ1) is 13.7. The van der Waals surface area contributed by atoms with Gasteiger partial charge in [0.05, 0.1) is 5.69 Å². The number of aromatic nitrogens is 1. The third-order valence-corrected chi connectivity index (χ3v) is 5.30. The van der Waals surface area contributed by atoms with Crippen LogP contribution in [0.15, 0.2) is 33.9 Å². The largest absolute Gasteiger partial charge is 0.437 e. The summed E-state index contributed by atoms with van der Waals surface area (Å²) in [7, 11) is 0. The van der Waals surface area contributed by atoms with Crippen molar-refractivity contribution in [2.24, 2.45) is 5.73 Å². The van der Waals surface area contributed by atoms with Crippen LogP contribution in [0.1, 0.15) is 47.9 Å². The van der Waals surface area contributed by atoms with Gasteiger partial charge in [-0.15, -0.1) is 0 Å². The van der Waals surface area contributed by atoms with E-state index in [4.69, 9.17) is 10.2 Å². The molecule has 20 heavy (non-hydrogen) atoms. The zero-order valence-corrected chi connectivity index (χ0v) is 12.9. The first-order valence-corrected chi connectivity index (χ1v) is 7.89. The quantitative estimate of drug-likeness (QED) is 0.908. The van der Waals surface area contributed by atoms with Gasteiger partial charge in [0, 0.05) is 11.3 Å². The number of oxazole rings is 1. The lowest BCUT2D eigenvalue weighted by Crippen LogP contribution is -2.30. The summed E-state index contributed by atoms with van der Waals surface area (Å²) in [6.45, 7) is 6.19. The standard InChI is InChI=1S/C16H20N2OS/c1-9-8-14(20-16-18-10(2)11(3)19-16)15(17)13-7-5-4-6-12(9)13/h4-7,9,14-15H,8,17H2,1-3H3. The molecule has 4 heteroatoms. The van der Waals surface area contributed by atoms with Crippen LogP contribution >= 0.6 is 11.8 Å². The second kappa shape index (κ2) is 5.26. The van der Waals surface area contributed by atoms with Crippen molar-refractivity contribution in [2.75, 3.05) is 0 Å². The summed E-state index contributed by atoms with van der Waals surface area (Å²) < 4.78 is 5.68. The van der Waals surface area contributed by atoms with E-state index < -0.39 is 0 Å². The predicted octanol–water partition coefficient (Wildman–Crippen LogP) is 3.96. The Morgan fingerprint density at radius 2 is 1.95 bits per heavy atom. The Morgan fingerprint density at radius 1 is 1.25 bits per heavy atom. The highest BCUT2D eigenvalue weighted by Gasteiger charge is 2.32. The number of nitrogens with zero attached hydrogens (tertiary/aromatic N) is 1. The Kier molecular flexibility index (Phi) is 3.61. The molecule has 0 amide bonds. The summed E-state index contributed by atoms with van der Waals surface area (Å²) in [5, 5.41) is 1.06. The summed E-state index contributed by atoms with van der Waals surface area (Å²) in [6.07, 6.45) is 1.06. The Hall–Kier alpha value is -1.26. The average Bonchev–Trinajstić information content (AvgIpc) is 2.74. The molecule has 3 nitrogen and oxygen atoms in total. The van der Waals surface area contributed by atoms with E-state index in [9.17, 15) is 0 Å². The molecule has 2 aromatic rings. The maximum Gasteiger partial charge on any atom is 0.256 e. The van der Waals surface area contributed by atoms with Gasteiger partial charge in [-0.25, -0.2) is 4.98 Å². The number of rotatable bonds is 2. The highest BCUT2D eigenvalue weighted by atomic mass is 32.2. The molecule has 3 atom stereocenters. The van der Waals surface area contributed by atoms with Gasteiger partial charge in [0.15, 0.2) is 0 Å². The SMILES string of the molecule is Cc1nc(SC2CC(C)c3ccccc3C2N)oc1C. The predicted molar refractivity (Wildman–Crippen MR) is 82.0 cm³/mol. The van der Waals surface area contributed by atoms with Crippen molar-refractivity contribution in [3.8, 4) is 0 Å². The monoisotopic (exact) mass is 288 g/mol. The second-order valence-corrected chi connectivity index (χ2v) is 6.76. The summed E-state index contributed by atoms with van der Waals surface area (Å²) in [5.74, 6) is 1.42. The van der Waals surface area contributed by atoms with Crippen molar-refractivity contribution in [1.82, 2.24) is 4.98 Å². The van der Waals surface area contributed by atoms with Crippen LogP contribution in [-0.4, -0.2) is 10.2 Å². The minimum atomic E-state index is 0.0416. The number of hydrogen-bond donors (Lipinski definition) is 1. The van der Waals surface area contributed by atoms with Crippen molar-refractivity contribution in [1.29, 1.82) is 0 Å². The van der Waals surface area contributed by atoms with Crippen LogP contribution < -0.4 is 5.73 Å². The normalized spacial score (nSPS) is 25.5. The molecule has 1 aromatic heterocycles. The van der Waals surface area contributed by atoms with E-state index in [1.807, 2.05) is 13.8 Å². The van der Waals surface area contributed by atoms with Gasteiger partial charge in [-0.05, 0) is 37.3 Å². The topological polar surface area (TPSA) is 52.0 Å². The third-order valence-electron chi connectivity index (χ3n) is 4.13. The Bertz CT molecular complexity index is 603. The Balaban J connectivity index is 1.85. The smallest absolute Gasteiger partial charge is 0.256 e. The van der Waals surface area contributed by atoms with Gasteiger partial charge >= 0.3 is 0 Å². The van der Waals surface area contributed by atoms with E-state index >= 15 is 0 Å². The molecule has 1 aromatic carbocycles. The summed E-state index contributed by atoms with van der Waals surface area (Å²) >= 11 is 1.67. The molecule has 0 radical (unpaired) electrons. The Morgan fingerprint density at radius 3 is 2.60 bits per heavy atom. The molecule has 3 rings (SSSR count). The highest BCUT2D eigenvalue weighted by Crippen LogP contribution is 2.43. The maximum atomic E-state index is 6.46. The number of thioether (sulfide) groups is 1. The van der Waals surface area contributed by atoms with Crippen LogP contribution in [0.5, 0.6) is 0 Å². The lowest BCUT2D eigenvalue weighted by Gasteiger charge is -2.33. The first-order chi connectivity index (χ1) is 9.56. The van der Waals surface area contributed by atoms with Crippen LogP contribution in [-0.2, 0) is 0 Å². The Labute approximate surface area is 124 Å².